The van der Waals surface area contributed by atoms with E-state index < -0.39 is 0 Å². The number of fused-ring (bicyclic) bond motifs is 1. The fourth-order valence-electron chi connectivity index (χ4n) is 5.96. The SMILES string of the molecule is COc1ccc(CNc2ncnc3ccc(-c4cccc(CN(C(=O)C5CCCCC5)C5CC5)c4)cc23)c(OC)c1. The lowest BCUT2D eigenvalue weighted by molar-refractivity contribution is -0.137. The van der Waals surface area contributed by atoms with Gasteiger partial charge in [0, 0.05) is 42.1 Å². The van der Waals surface area contributed by atoms with E-state index in [-0.39, 0.29) is 5.92 Å². The van der Waals surface area contributed by atoms with E-state index in [2.05, 4.69) is 56.6 Å². The highest BCUT2D eigenvalue weighted by Crippen LogP contribution is 2.34. The number of methoxy groups -OCH3 is 2. The first-order valence-corrected chi connectivity index (χ1v) is 14.7. The molecule has 2 aliphatic rings. The van der Waals surface area contributed by atoms with Crippen LogP contribution in [0.15, 0.2) is 67.0 Å². The van der Waals surface area contributed by atoms with Crippen LogP contribution in [0.1, 0.15) is 56.1 Å². The molecule has 6 rings (SSSR count). The molecule has 0 saturated heterocycles. The summed E-state index contributed by atoms with van der Waals surface area (Å²) in [5.41, 5.74) is 5.27. The number of hydrogen-bond acceptors (Lipinski definition) is 6. The summed E-state index contributed by atoms with van der Waals surface area (Å²) in [6, 6.07) is 21.1. The van der Waals surface area contributed by atoms with Gasteiger partial charge in [0.2, 0.25) is 5.91 Å². The third-order valence-electron chi connectivity index (χ3n) is 8.41. The second-order valence-corrected chi connectivity index (χ2v) is 11.2. The Morgan fingerprint density at radius 2 is 1.73 bits per heavy atom. The average molecular weight is 551 g/mol. The molecule has 0 bridgehead atoms. The van der Waals surface area contributed by atoms with Gasteiger partial charge in [0.25, 0.3) is 0 Å². The van der Waals surface area contributed by atoms with Crippen LogP contribution in [0.4, 0.5) is 5.82 Å². The second kappa shape index (κ2) is 12.2. The van der Waals surface area contributed by atoms with Crippen molar-refractivity contribution in [2.24, 2.45) is 5.92 Å². The minimum Gasteiger partial charge on any atom is -0.497 e. The van der Waals surface area contributed by atoms with Crippen LogP contribution in [0.3, 0.4) is 0 Å². The lowest BCUT2D eigenvalue weighted by Crippen LogP contribution is -2.38. The van der Waals surface area contributed by atoms with Crippen molar-refractivity contribution in [1.29, 1.82) is 0 Å². The molecule has 0 unspecified atom stereocenters. The van der Waals surface area contributed by atoms with Crippen molar-refractivity contribution in [2.75, 3.05) is 19.5 Å². The second-order valence-electron chi connectivity index (χ2n) is 11.2. The molecule has 3 aromatic carbocycles. The first-order valence-electron chi connectivity index (χ1n) is 14.7. The normalized spacial score (nSPS) is 15.5. The van der Waals surface area contributed by atoms with Crippen LogP contribution in [0.5, 0.6) is 11.5 Å². The van der Waals surface area contributed by atoms with Crippen molar-refractivity contribution in [3.63, 3.8) is 0 Å². The van der Waals surface area contributed by atoms with E-state index in [0.29, 0.717) is 25.0 Å². The summed E-state index contributed by atoms with van der Waals surface area (Å²) in [5, 5.41) is 4.43. The van der Waals surface area contributed by atoms with Gasteiger partial charge in [0.1, 0.15) is 23.6 Å². The monoisotopic (exact) mass is 550 g/mol. The molecular formula is C34H38N4O3. The fourth-order valence-corrected chi connectivity index (χ4v) is 5.96. The van der Waals surface area contributed by atoms with E-state index in [1.165, 1.54) is 24.8 Å². The van der Waals surface area contributed by atoms with Gasteiger partial charge >= 0.3 is 0 Å². The van der Waals surface area contributed by atoms with Crippen LogP contribution < -0.4 is 14.8 Å². The van der Waals surface area contributed by atoms with Crippen LogP contribution in [0, 0.1) is 5.92 Å². The minimum atomic E-state index is 0.205. The minimum absolute atomic E-state index is 0.205. The average Bonchev–Trinajstić information content (AvgIpc) is 3.88. The van der Waals surface area contributed by atoms with Gasteiger partial charge in [-0.1, -0.05) is 43.5 Å². The van der Waals surface area contributed by atoms with Gasteiger partial charge in [-0.25, -0.2) is 9.97 Å². The number of carbonyl (C=O) groups excluding carboxylic acids is 1. The molecule has 1 amide bonds. The Hall–Kier alpha value is -4.13. The van der Waals surface area contributed by atoms with E-state index in [4.69, 9.17) is 9.47 Å². The molecule has 1 heterocycles. The van der Waals surface area contributed by atoms with Crippen molar-refractivity contribution in [3.8, 4) is 22.6 Å². The summed E-state index contributed by atoms with van der Waals surface area (Å²) >= 11 is 0. The molecule has 0 spiro atoms. The smallest absolute Gasteiger partial charge is 0.226 e. The van der Waals surface area contributed by atoms with E-state index in [0.717, 1.165) is 70.6 Å². The quantitative estimate of drug-likeness (QED) is 0.229. The van der Waals surface area contributed by atoms with Gasteiger partial charge in [0.15, 0.2) is 0 Å². The van der Waals surface area contributed by atoms with Crippen LogP contribution in [-0.4, -0.2) is 41.0 Å². The highest BCUT2D eigenvalue weighted by atomic mass is 16.5. The van der Waals surface area contributed by atoms with Gasteiger partial charge in [0.05, 0.1) is 19.7 Å². The number of ether oxygens (including phenoxy) is 2. The van der Waals surface area contributed by atoms with E-state index in [9.17, 15) is 4.79 Å². The summed E-state index contributed by atoms with van der Waals surface area (Å²) in [5.74, 6) is 2.85. The summed E-state index contributed by atoms with van der Waals surface area (Å²) in [6.45, 7) is 1.23. The van der Waals surface area contributed by atoms with Gasteiger partial charge in [-0.05, 0) is 72.7 Å². The number of nitrogens with one attached hydrogen (secondary N) is 1. The number of carbonyl (C=O) groups is 1. The van der Waals surface area contributed by atoms with Crippen molar-refractivity contribution in [2.45, 2.75) is 64.1 Å². The number of aromatic nitrogens is 2. The Morgan fingerprint density at radius 1 is 0.902 bits per heavy atom. The summed E-state index contributed by atoms with van der Waals surface area (Å²) < 4.78 is 10.9. The lowest BCUT2D eigenvalue weighted by atomic mass is 9.88. The lowest BCUT2D eigenvalue weighted by Gasteiger charge is -2.29. The molecule has 212 valence electrons. The largest absolute Gasteiger partial charge is 0.497 e. The van der Waals surface area contributed by atoms with Crippen molar-refractivity contribution >= 4 is 22.6 Å². The molecule has 1 N–H and O–H groups in total. The number of hydrogen-bond donors (Lipinski definition) is 1. The molecule has 4 aromatic rings. The fraction of sp³-hybridized carbons (Fsp3) is 0.382. The first kappa shape index (κ1) is 27.1. The molecule has 2 aliphatic carbocycles. The Bertz CT molecular complexity index is 1530. The Balaban J connectivity index is 1.23. The van der Waals surface area contributed by atoms with E-state index in [1.54, 1.807) is 20.5 Å². The number of anilines is 1. The van der Waals surface area contributed by atoms with Crippen molar-refractivity contribution < 1.29 is 14.3 Å². The molecule has 0 radical (unpaired) electrons. The van der Waals surface area contributed by atoms with E-state index in [1.807, 2.05) is 24.3 Å². The predicted molar refractivity (Wildman–Crippen MR) is 162 cm³/mol. The van der Waals surface area contributed by atoms with Crippen molar-refractivity contribution in [3.05, 3.63) is 78.1 Å². The van der Waals surface area contributed by atoms with Gasteiger partial charge in [-0.15, -0.1) is 0 Å². The van der Waals surface area contributed by atoms with Gasteiger partial charge in [-0.3, -0.25) is 4.79 Å². The molecule has 0 aliphatic heterocycles. The molecule has 2 saturated carbocycles. The van der Waals surface area contributed by atoms with Crippen molar-refractivity contribution in [1.82, 2.24) is 14.9 Å². The number of nitrogens with zero attached hydrogens (tertiary/aromatic N) is 3. The Kier molecular flexibility index (Phi) is 8.03. The maximum absolute atomic E-state index is 13.5. The third kappa shape index (κ3) is 6.14. The van der Waals surface area contributed by atoms with E-state index >= 15 is 0 Å². The molecule has 1 aromatic heterocycles. The maximum atomic E-state index is 13.5. The first-order chi connectivity index (χ1) is 20.1. The molecule has 2 fully saturated rings. The zero-order chi connectivity index (χ0) is 28.2. The van der Waals surface area contributed by atoms with Crippen LogP contribution >= 0.6 is 0 Å². The number of rotatable bonds is 10. The summed E-state index contributed by atoms with van der Waals surface area (Å²) in [7, 11) is 3.31. The van der Waals surface area contributed by atoms with Crippen LogP contribution in [0.2, 0.25) is 0 Å². The number of amides is 1. The standard InChI is InChI=1S/C34H38N4O3/c1-40-29-15-11-27(32(19-29)41-2)20-35-33-30-18-26(12-16-31(30)36-22-37-33)25-10-6-7-23(17-25)21-38(28-13-14-28)34(39)24-8-4-3-5-9-24/h6-7,10-12,15-19,22,24,28H,3-5,8-9,13-14,20-21H2,1-2H3,(H,35,36,37). The zero-order valence-corrected chi connectivity index (χ0v) is 23.9. The predicted octanol–water partition coefficient (Wildman–Crippen LogP) is 7.00. The third-order valence-corrected chi connectivity index (χ3v) is 8.41. The molecular weight excluding hydrogens is 512 g/mol. The van der Waals surface area contributed by atoms with Crippen LogP contribution in [0.25, 0.3) is 22.0 Å². The van der Waals surface area contributed by atoms with Gasteiger partial charge in [-0.2, -0.15) is 0 Å². The molecule has 0 atom stereocenters. The zero-order valence-electron chi connectivity index (χ0n) is 23.9. The molecule has 7 heteroatoms. The molecule has 7 nitrogen and oxygen atoms in total. The topological polar surface area (TPSA) is 76.6 Å². The summed E-state index contributed by atoms with van der Waals surface area (Å²) in [4.78, 5) is 24.7. The highest BCUT2D eigenvalue weighted by molar-refractivity contribution is 5.92. The molecule has 41 heavy (non-hydrogen) atoms. The Labute approximate surface area is 241 Å². The number of benzene rings is 3. The summed E-state index contributed by atoms with van der Waals surface area (Å²) in [6.07, 6.45) is 9.56. The Morgan fingerprint density at radius 3 is 2.51 bits per heavy atom. The van der Waals surface area contributed by atoms with Gasteiger partial charge < -0.3 is 19.7 Å². The van der Waals surface area contributed by atoms with Crippen LogP contribution in [-0.2, 0) is 17.9 Å². The highest BCUT2D eigenvalue weighted by Gasteiger charge is 2.36. The maximum Gasteiger partial charge on any atom is 0.226 e.